The summed E-state index contributed by atoms with van der Waals surface area (Å²) < 4.78 is 33.9. The maximum atomic E-state index is 14.1. The van der Waals surface area contributed by atoms with Gasteiger partial charge in [-0.1, -0.05) is 11.6 Å². The van der Waals surface area contributed by atoms with Crippen molar-refractivity contribution >= 4 is 33.4 Å². The average Bonchev–Trinajstić information content (AvgIpc) is 3.32. The number of nitrogens with two attached hydrogens (primary N) is 1. The van der Waals surface area contributed by atoms with Crippen LogP contribution in [-0.4, -0.2) is 91.1 Å². The van der Waals surface area contributed by atoms with Crippen LogP contribution in [0.5, 0.6) is 5.75 Å². The number of piperidine rings is 1. The van der Waals surface area contributed by atoms with Crippen LogP contribution in [0, 0.1) is 6.92 Å². The molecule has 214 valence electrons. The Bertz CT molecular complexity index is 1540. The van der Waals surface area contributed by atoms with Crippen LogP contribution in [-0.2, 0) is 10.2 Å². The van der Waals surface area contributed by atoms with Crippen molar-refractivity contribution in [1.29, 1.82) is 0 Å². The van der Waals surface area contributed by atoms with Gasteiger partial charge in [0.25, 0.3) is 16.1 Å². The predicted octanol–water partition coefficient (Wildman–Crippen LogP) is 1.95. The van der Waals surface area contributed by atoms with Crippen LogP contribution >= 0.6 is 0 Å². The molecule has 2 bridgehead atoms. The van der Waals surface area contributed by atoms with E-state index < -0.39 is 10.2 Å². The zero-order valence-electron chi connectivity index (χ0n) is 23.0. The van der Waals surface area contributed by atoms with E-state index in [9.17, 15) is 13.2 Å². The van der Waals surface area contributed by atoms with E-state index in [4.69, 9.17) is 20.0 Å². The number of nitrogens with zero attached hydrogens (tertiary/aromatic N) is 7. The first kappa shape index (κ1) is 26.8. The Morgan fingerprint density at radius 1 is 1.00 bits per heavy atom. The van der Waals surface area contributed by atoms with Crippen molar-refractivity contribution in [2.24, 2.45) is 5.14 Å². The Morgan fingerprint density at radius 2 is 1.82 bits per heavy atom. The van der Waals surface area contributed by atoms with E-state index in [2.05, 4.69) is 4.90 Å². The lowest BCUT2D eigenvalue weighted by atomic mass is 9.97. The third kappa shape index (κ3) is 5.08. The molecule has 2 fully saturated rings. The number of anilines is 2. The minimum atomic E-state index is -3.98. The number of likely N-dealkylation sites (N-methyl/N-ethyl adjacent to an activating group) is 1. The van der Waals surface area contributed by atoms with Gasteiger partial charge in [-0.05, 0) is 44.7 Å². The fourth-order valence-electron chi connectivity index (χ4n) is 5.68. The molecule has 0 saturated carbocycles. The predicted molar refractivity (Wildman–Crippen MR) is 152 cm³/mol. The molecule has 2 N–H and O–H groups in total. The second kappa shape index (κ2) is 10.5. The molecule has 1 unspecified atom stereocenters. The molecule has 1 aromatic carbocycles. The highest BCUT2D eigenvalue weighted by molar-refractivity contribution is 7.86. The van der Waals surface area contributed by atoms with Gasteiger partial charge in [-0.25, -0.2) is 10.1 Å². The first-order valence-corrected chi connectivity index (χ1v) is 15.4. The van der Waals surface area contributed by atoms with Gasteiger partial charge in [0.05, 0.1) is 17.3 Å². The van der Waals surface area contributed by atoms with E-state index in [-0.39, 0.29) is 31.6 Å². The third-order valence-electron chi connectivity index (χ3n) is 8.10. The fraction of sp³-hybridized carbons (Fsp3) is 0.519. The van der Waals surface area contributed by atoms with E-state index in [0.717, 1.165) is 61.7 Å². The number of carbonyl (C=O) groups is 1. The van der Waals surface area contributed by atoms with Gasteiger partial charge in [0.1, 0.15) is 24.0 Å². The van der Waals surface area contributed by atoms with Crippen LogP contribution < -0.4 is 19.7 Å². The SMILES string of the molecule is Cc1ccc2c(c1)C(=O)N1CCCCC1c1cc3nc(N4CCC4)cc(n3n1)N(C)CCN(S(N)(=O)=O)CCO2. The molecule has 13 heteroatoms. The Labute approximate surface area is 234 Å². The van der Waals surface area contributed by atoms with E-state index in [1.54, 1.807) is 6.07 Å². The van der Waals surface area contributed by atoms with Gasteiger partial charge >= 0.3 is 0 Å². The molecule has 2 aromatic heterocycles. The van der Waals surface area contributed by atoms with E-state index in [1.165, 1.54) is 4.31 Å². The number of amides is 1. The lowest BCUT2D eigenvalue weighted by molar-refractivity contribution is 0.0601. The number of hydrogen-bond donors (Lipinski definition) is 1. The molecular weight excluding hydrogens is 532 g/mol. The summed E-state index contributed by atoms with van der Waals surface area (Å²) in [5, 5.41) is 10.6. The molecule has 1 amide bonds. The van der Waals surface area contributed by atoms with Gasteiger partial charge in [-0.2, -0.15) is 22.3 Å². The summed E-state index contributed by atoms with van der Waals surface area (Å²) >= 11 is 0. The second-order valence-electron chi connectivity index (χ2n) is 10.9. The number of carbonyl (C=O) groups excluding carboxylic acids is 1. The molecule has 5 heterocycles. The van der Waals surface area contributed by atoms with Gasteiger partial charge in [0.2, 0.25) is 0 Å². The molecule has 1 atom stereocenters. The number of hydrogen-bond acceptors (Lipinski definition) is 8. The molecule has 3 aliphatic heterocycles. The summed E-state index contributed by atoms with van der Waals surface area (Å²) in [6.45, 7) is 5.09. The molecule has 40 heavy (non-hydrogen) atoms. The van der Waals surface area contributed by atoms with E-state index >= 15 is 0 Å². The number of rotatable bonds is 2. The lowest BCUT2D eigenvalue weighted by Crippen LogP contribution is -2.43. The molecule has 0 radical (unpaired) electrons. The zero-order chi connectivity index (χ0) is 28.0. The summed E-state index contributed by atoms with van der Waals surface area (Å²) in [6, 6.07) is 9.29. The summed E-state index contributed by atoms with van der Waals surface area (Å²) in [7, 11) is -2.07. The van der Waals surface area contributed by atoms with Gasteiger partial charge in [-0.15, -0.1) is 0 Å². The summed E-state index contributed by atoms with van der Waals surface area (Å²) in [5.41, 5.74) is 2.90. The van der Waals surface area contributed by atoms with Crippen molar-refractivity contribution in [2.75, 3.05) is 62.7 Å². The smallest absolute Gasteiger partial charge is 0.277 e. The number of aryl methyl sites for hydroxylation is 1. The van der Waals surface area contributed by atoms with Crippen LogP contribution in [0.1, 0.15) is 53.3 Å². The average molecular weight is 569 g/mol. The highest BCUT2D eigenvalue weighted by atomic mass is 32.2. The molecule has 2 saturated heterocycles. The maximum absolute atomic E-state index is 14.1. The molecule has 3 aliphatic rings. The first-order valence-electron chi connectivity index (χ1n) is 13.9. The van der Waals surface area contributed by atoms with Gasteiger partial charge in [-0.3, -0.25) is 4.79 Å². The van der Waals surface area contributed by atoms with E-state index in [0.29, 0.717) is 30.0 Å². The Balaban J connectivity index is 1.48. The highest BCUT2D eigenvalue weighted by Crippen LogP contribution is 2.35. The van der Waals surface area contributed by atoms with Crippen LogP contribution in [0.3, 0.4) is 0 Å². The van der Waals surface area contributed by atoms with Crippen LogP contribution in [0.4, 0.5) is 11.6 Å². The Hall–Kier alpha value is -3.42. The molecule has 3 aromatic rings. The molecule has 12 nitrogen and oxygen atoms in total. The number of benzene rings is 1. The molecule has 6 rings (SSSR count). The highest BCUT2D eigenvalue weighted by Gasteiger charge is 2.33. The number of ether oxygens (including phenoxy) is 1. The first-order chi connectivity index (χ1) is 19.2. The Kier molecular flexibility index (Phi) is 7.05. The number of fused-ring (bicyclic) bond motifs is 4. The minimum absolute atomic E-state index is 0.0528. The van der Waals surface area contributed by atoms with Crippen LogP contribution in [0.2, 0.25) is 0 Å². The Morgan fingerprint density at radius 3 is 2.58 bits per heavy atom. The molecule has 0 aliphatic carbocycles. The minimum Gasteiger partial charge on any atom is -0.491 e. The molecular formula is C27H36N8O4S. The van der Waals surface area contributed by atoms with E-state index in [1.807, 2.05) is 52.6 Å². The summed E-state index contributed by atoms with van der Waals surface area (Å²) in [5.74, 6) is 1.97. The zero-order valence-corrected chi connectivity index (χ0v) is 23.8. The third-order valence-corrected chi connectivity index (χ3v) is 9.18. The quantitative estimate of drug-likeness (QED) is 0.497. The van der Waals surface area contributed by atoms with Crippen molar-refractivity contribution in [2.45, 2.75) is 38.6 Å². The molecule has 0 spiro atoms. The van der Waals surface area contributed by atoms with Crippen molar-refractivity contribution in [3.63, 3.8) is 0 Å². The van der Waals surface area contributed by atoms with Crippen LogP contribution in [0.25, 0.3) is 5.65 Å². The largest absolute Gasteiger partial charge is 0.491 e. The van der Waals surface area contributed by atoms with Gasteiger partial charge in [0, 0.05) is 58.4 Å². The van der Waals surface area contributed by atoms with Crippen molar-refractivity contribution < 1.29 is 17.9 Å². The van der Waals surface area contributed by atoms with Crippen molar-refractivity contribution in [3.8, 4) is 5.75 Å². The number of aromatic nitrogens is 3. The summed E-state index contributed by atoms with van der Waals surface area (Å²) in [4.78, 5) is 25.1. The second-order valence-corrected chi connectivity index (χ2v) is 12.4. The van der Waals surface area contributed by atoms with Crippen molar-refractivity contribution in [1.82, 2.24) is 23.8 Å². The topological polar surface area (TPSA) is 130 Å². The van der Waals surface area contributed by atoms with Crippen LogP contribution in [0.15, 0.2) is 30.3 Å². The van der Waals surface area contributed by atoms with Gasteiger partial charge < -0.3 is 19.4 Å². The lowest BCUT2D eigenvalue weighted by Gasteiger charge is -2.35. The standard InChI is InChI=1S/C27H36N8O4S/c1-19-7-8-23-20(16-19)27(36)34-11-4-3-6-22(34)21-17-25-29-24(32-9-5-10-32)18-26(35(25)30-21)31(2)12-13-33(14-15-39-23)40(28,37)38/h7-8,16-18,22H,3-6,9-15H2,1-2H3,(H2,28,37,38). The normalized spacial score (nSPS) is 21.2. The van der Waals surface area contributed by atoms with Gasteiger partial charge in [0.15, 0.2) is 5.65 Å². The fourth-order valence-corrected chi connectivity index (χ4v) is 6.34. The van der Waals surface area contributed by atoms with Crippen molar-refractivity contribution in [3.05, 3.63) is 47.2 Å². The monoisotopic (exact) mass is 568 g/mol. The summed E-state index contributed by atoms with van der Waals surface area (Å²) in [6.07, 6.45) is 3.84. The maximum Gasteiger partial charge on any atom is 0.277 e.